The number of hydrogen-bond acceptors (Lipinski definition) is 4. The Morgan fingerprint density at radius 3 is 2.85 bits per heavy atom. The molecule has 6 heteroatoms. The first kappa shape index (κ1) is 16.8. The first-order chi connectivity index (χ1) is 12.6. The topological polar surface area (TPSA) is 74.2 Å². The smallest absolute Gasteiger partial charge is 0.252 e. The highest BCUT2D eigenvalue weighted by molar-refractivity contribution is 6.06. The quantitative estimate of drug-likeness (QED) is 0.756. The molecule has 1 amide bonds. The number of nitrogens with zero attached hydrogens (tertiary/aromatic N) is 2. The number of H-pyrrole nitrogens is 1. The van der Waals surface area contributed by atoms with E-state index in [-0.39, 0.29) is 11.9 Å². The molecular formula is C20H24N4O2. The summed E-state index contributed by atoms with van der Waals surface area (Å²) in [6, 6.07) is 7.96. The van der Waals surface area contributed by atoms with Gasteiger partial charge in [0.25, 0.3) is 5.91 Å². The van der Waals surface area contributed by atoms with E-state index in [1.165, 1.54) is 5.56 Å². The lowest BCUT2D eigenvalue weighted by atomic mass is 10.0. The van der Waals surface area contributed by atoms with Crippen LogP contribution in [0.4, 0.5) is 0 Å². The maximum absolute atomic E-state index is 12.7. The highest BCUT2D eigenvalue weighted by atomic mass is 16.5. The fourth-order valence-corrected chi connectivity index (χ4v) is 3.73. The average Bonchev–Trinajstić information content (AvgIpc) is 3.24. The number of carbonyl (C=O) groups is 1. The van der Waals surface area contributed by atoms with Gasteiger partial charge < -0.3 is 14.8 Å². The monoisotopic (exact) mass is 352 g/mol. The molecule has 26 heavy (non-hydrogen) atoms. The first-order valence-corrected chi connectivity index (χ1v) is 9.13. The van der Waals surface area contributed by atoms with E-state index >= 15 is 0 Å². The van der Waals surface area contributed by atoms with Crippen LogP contribution in [0.2, 0.25) is 0 Å². The van der Waals surface area contributed by atoms with Gasteiger partial charge in [0.15, 0.2) is 0 Å². The molecule has 0 radical (unpaired) electrons. The number of nitrogens with one attached hydrogen (secondary N) is 2. The number of amides is 1. The van der Waals surface area contributed by atoms with Crippen molar-refractivity contribution in [3.05, 3.63) is 53.0 Å². The fourth-order valence-electron chi connectivity index (χ4n) is 3.73. The molecule has 0 saturated carbocycles. The predicted molar refractivity (Wildman–Crippen MR) is 100 cm³/mol. The molecule has 1 aliphatic heterocycles. The molecule has 0 atom stereocenters. The fraction of sp³-hybridized carbons (Fsp3) is 0.400. The first-order valence-electron chi connectivity index (χ1n) is 9.13. The summed E-state index contributed by atoms with van der Waals surface area (Å²) in [6.45, 7) is 6.74. The van der Waals surface area contributed by atoms with Crippen LogP contribution in [0.5, 0.6) is 0 Å². The second kappa shape index (κ2) is 6.96. The Morgan fingerprint density at radius 2 is 2.12 bits per heavy atom. The third kappa shape index (κ3) is 3.24. The van der Waals surface area contributed by atoms with Crippen LogP contribution in [0.25, 0.3) is 10.9 Å². The van der Waals surface area contributed by atoms with E-state index in [2.05, 4.69) is 20.4 Å². The van der Waals surface area contributed by atoms with Crippen molar-refractivity contribution in [2.45, 2.75) is 39.3 Å². The number of fused-ring (bicyclic) bond motifs is 1. The number of rotatable bonds is 4. The number of aromatic amines is 1. The third-order valence-electron chi connectivity index (χ3n) is 5.33. The molecule has 0 bridgehead atoms. The molecule has 1 aromatic carbocycles. The van der Waals surface area contributed by atoms with Crippen molar-refractivity contribution in [3.63, 3.8) is 0 Å². The van der Waals surface area contributed by atoms with Crippen LogP contribution in [0, 0.1) is 13.8 Å². The van der Waals surface area contributed by atoms with E-state index < -0.39 is 0 Å². The summed E-state index contributed by atoms with van der Waals surface area (Å²) in [5, 5.41) is 8.21. The van der Waals surface area contributed by atoms with E-state index in [0.29, 0.717) is 0 Å². The number of benzene rings is 1. The minimum Gasteiger partial charge on any atom is -0.361 e. The van der Waals surface area contributed by atoms with Gasteiger partial charge in [0.2, 0.25) is 0 Å². The molecule has 0 unspecified atom stereocenters. The zero-order valence-corrected chi connectivity index (χ0v) is 15.2. The Bertz CT molecular complexity index is 899. The summed E-state index contributed by atoms with van der Waals surface area (Å²) in [6.07, 6.45) is 3.78. The maximum atomic E-state index is 12.7. The SMILES string of the molecule is Cc1noc(C)c1CN1CCC(NC(=O)c2cccc3[nH]ccc23)CC1. The van der Waals surface area contributed by atoms with Crippen molar-refractivity contribution in [2.24, 2.45) is 0 Å². The average molecular weight is 352 g/mol. The molecule has 0 spiro atoms. The molecule has 3 heterocycles. The third-order valence-corrected chi connectivity index (χ3v) is 5.33. The Morgan fingerprint density at radius 1 is 1.31 bits per heavy atom. The number of carbonyl (C=O) groups excluding carboxylic acids is 1. The number of aryl methyl sites for hydroxylation is 2. The zero-order valence-electron chi connectivity index (χ0n) is 15.2. The molecule has 0 aliphatic carbocycles. The summed E-state index contributed by atoms with van der Waals surface area (Å²) in [5.41, 5.74) is 3.89. The van der Waals surface area contributed by atoms with E-state index in [9.17, 15) is 4.79 Å². The van der Waals surface area contributed by atoms with Crippen molar-refractivity contribution in [3.8, 4) is 0 Å². The molecule has 6 nitrogen and oxygen atoms in total. The number of likely N-dealkylation sites (tertiary alicyclic amines) is 1. The molecule has 1 saturated heterocycles. The van der Waals surface area contributed by atoms with Crippen molar-refractivity contribution in [1.82, 2.24) is 20.4 Å². The lowest BCUT2D eigenvalue weighted by Crippen LogP contribution is -2.44. The van der Waals surface area contributed by atoms with Crippen molar-refractivity contribution >= 4 is 16.8 Å². The summed E-state index contributed by atoms with van der Waals surface area (Å²) in [7, 11) is 0. The molecule has 4 rings (SSSR count). The predicted octanol–water partition coefficient (Wildman–Crippen LogP) is 3.17. The van der Waals surface area contributed by atoms with E-state index in [4.69, 9.17) is 4.52 Å². The van der Waals surface area contributed by atoms with Crippen LogP contribution in [-0.4, -0.2) is 40.1 Å². The summed E-state index contributed by atoms with van der Waals surface area (Å²) in [5.74, 6) is 0.914. The van der Waals surface area contributed by atoms with Crippen molar-refractivity contribution in [2.75, 3.05) is 13.1 Å². The van der Waals surface area contributed by atoms with Crippen LogP contribution < -0.4 is 5.32 Å². The van der Waals surface area contributed by atoms with Gasteiger partial charge in [-0.25, -0.2) is 0 Å². The van der Waals surface area contributed by atoms with Gasteiger partial charge in [-0.15, -0.1) is 0 Å². The highest BCUT2D eigenvalue weighted by Crippen LogP contribution is 2.20. The molecule has 136 valence electrons. The van der Waals surface area contributed by atoms with Gasteiger partial charge in [0.05, 0.1) is 5.69 Å². The normalized spacial score (nSPS) is 16.2. The van der Waals surface area contributed by atoms with Gasteiger partial charge in [-0.05, 0) is 44.9 Å². The van der Waals surface area contributed by atoms with Crippen LogP contribution in [0.15, 0.2) is 35.0 Å². The van der Waals surface area contributed by atoms with Gasteiger partial charge in [0, 0.05) is 53.9 Å². The van der Waals surface area contributed by atoms with Crippen LogP contribution in [0.1, 0.15) is 40.2 Å². The Balaban J connectivity index is 1.35. The summed E-state index contributed by atoms with van der Waals surface area (Å²) in [4.78, 5) is 18.3. The molecule has 2 N–H and O–H groups in total. The van der Waals surface area contributed by atoms with E-state index in [1.807, 2.05) is 44.3 Å². The van der Waals surface area contributed by atoms with Gasteiger partial charge in [-0.3, -0.25) is 9.69 Å². The summed E-state index contributed by atoms with van der Waals surface area (Å²) >= 11 is 0. The van der Waals surface area contributed by atoms with Gasteiger partial charge >= 0.3 is 0 Å². The second-order valence-electron chi connectivity index (χ2n) is 7.07. The minimum absolute atomic E-state index is 0.0133. The van der Waals surface area contributed by atoms with E-state index in [1.54, 1.807) is 0 Å². The molecule has 1 fully saturated rings. The molecule has 2 aromatic heterocycles. The lowest BCUT2D eigenvalue weighted by Gasteiger charge is -2.32. The van der Waals surface area contributed by atoms with Gasteiger partial charge in [-0.1, -0.05) is 11.2 Å². The van der Waals surface area contributed by atoms with Crippen LogP contribution >= 0.6 is 0 Å². The Labute approximate surface area is 152 Å². The summed E-state index contributed by atoms with van der Waals surface area (Å²) < 4.78 is 5.25. The number of hydrogen-bond donors (Lipinski definition) is 2. The Hall–Kier alpha value is -2.60. The molecule has 1 aliphatic rings. The minimum atomic E-state index is 0.0133. The molecular weight excluding hydrogens is 328 g/mol. The Kier molecular flexibility index (Phi) is 4.51. The lowest BCUT2D eigenvalue weighted by molar-refractivity contribution is 0.0910. The zero-order chi connectivity index (χ0) is 18.1. The van der Waals surface area contributed by atoms with Gasteiger partial charge in [0.1, 0.15) is 5.76 Å². The van der Waals surface area contributed by atoms with Gasteiger partial charge in [-0.2, -0.15) is 0 Å². The largest absolute Gasteiger partial charge is 0.361 e. The van der Waals surface area contributed by atoms with Crippen molar-refractivity contribution in [1.29, 1.82) is 0 Å². The second-order valence-corrected chi connectivity index (χ2v) is 7.07. The number of piperidine rings is 1. The number of aromatic nitrogens is 2. The van der Waals surface area contributed by atoms with Crippen LogP contribution in [0.3, 0.4) is 0 Å². The van der Waals surface area contributed by atoms with Crippen LogP contribution in [-0.2, 0) is 6.54 Å². The molecule has 3 aromatic rings. The maximum Gasteiger partial charge on any atom is 0.252 e. The van der Waals surface area contributed by atoms with E-state index in [0.717, 1.165) is 60.4 Å². The highest BCUT2D eigenvalue weighted by Gasteiger charge is 2.23. The van der Waals surface area contributed by atoms with Crippen molar-refractivity contribution < 1.29 is 9.32 Å². The standard InChI is InChI=1S/C20H24N4O2/c1-13-18(14(2)26-23-13)12-24-10-7-15(8-11-24)22-20(25)17-4-3-5-19-16(17)6-9-21-19/h3-6,9,15,21H,7-8,10-12H2,1-2H3,(H,22,25).